The SMILES string of the molecule is CN(C(=O)C1CCCN(C(=O)c2ccccc2)C1)C1CCNC1.Cl. The molecule has 5 nitrogen and oxygen atoms in total. The molecule has 0 aliphatic carbocycles. The van der Waals surface area contributed by atoms with Crippen molar-refractivity contribution < 1.29 is 9.59 Å². The zero-order valence-electron chi connectivity index (χ0n) is 14.1. The molecule has 2 atom stereocenters. The van der Waals surface area contributed by atoms with Gasteiger partial charge in [0.15, 0.2) is 0 Å². The molecule has 2 aliphatic rings. The van der Waals surface area contributed by atoms with Crippen LogP contribution < -0.4 is 5.32 Å². The zero-order valence-corrected chi connectivity index (χ0v) is 14.9. The van der Waals surface area contributed by atoms with Gasteiger partial charge >= 0.3 is 0 Å². The van der Waals surface area contributed by atoms with E-state index in [0.29, 0.717) is 18.2 Å². The fourth-order valence-electron chi connectivity index (χ4n) is 3.56. The molecule has 2 saturated heterocycles. The van der Waals surface area contributed by atoms with Crippen molar-refractivity contribution in [2.45, 2.75) is 25.3 Å². The number of likely N-dealkylation sites (N-methyl/N-ethyl adjacent to an activating group) is 1. The number of carbonyl (C=O) groups excluding carboxylic acids is 2. The van der Waals surface area contributed by atoms with Crippen molar-refractivity contribution in [3.8, 4) is 0 Å². The third-order valence-electron chi connectivity index (χ3n) is 5.01. The third-order valence-corrected chi connectivity index (χ3v) is 5.01. The number of piperidine rings is 1. The molecule has 2 unspecified atom stereocenters. The van der Waals surface area contributed by atoms with Gasteiger partial charge in [-0.25, -0.2) is 0 Å². The summed E-state index contributed by atoms with van der Waals surface area (Å²) in [5.74, 6) is 0.152. The molecule has 0 bridgehead atoms. The number of halogens is 1. The maximum atomic E-state index is 12.7. The minimum atomic E-state index is -0.0676. The van der Waals surface area contributed by atoms with Gasteiger partial charge in [-0.3, -0.25) is 9.59 Å². The van der Waals surface area contributed by atoms with Crippen LogP contribution >= 0.6 is 12.4 Å². The van der Waals surface area contributed by atoms with Crippen LogP contribution in [0, 0.1) is 5.92 Å². The van der Waals surface area contributed by atoms with Crippen molar-refractivity contribution in [2.75, 3.05) is 33.2 Å². The van der Waals surface area contributed by atoms with E-state index < -0.39 is 0 Å². The van der Waals surface area contributed by atoms with Gasteiger partial charge in [0.05, 0.1) is 5.92 Å². The maximum Gasteiger partial charge on any atom is 0.253 e. The summed E-state index contributed by atoms with van der Waals surface area (Å²) >= 11 is 0. The van der Waals surface area contributed by atoms with Crippen molar-refractivity contribution in [2.24, 2.45) is 5.92 Å². The Hall–Kier alpha value is -1.59. The fourth-order valence-corrected chi connectivity index (χ4v) is 3.56. The molecule has 3 rings (SSSR count). The quantitative estimate of drug-likeness (QED) is 0.903. The van der Waals surface area contributed by atoms with Crippen LogP contribution in [0.25, 0.3) is 0 Å². The van der Waals surface area contributed by atoms with Gasteiger partial charge in [-0.15, -0.1) is 12.4 Å². The van der Waals surface area contributed by atoms with Crippen molar-refractivity contribution >= 4 is 24.2 Å². The highest BCUT2D eigenvalue weighted by atomic mass is 35.5. The largest absolute Gasteiger partial charge is 0.341 e. The van der Waals surface area contributed by atoms with Gasteiger partial charge in [-0.05, 0) is 37.9 Å². The van der Waals surface area contributed by atoms with Gasteiger partial charge in [-0.2, -0.15) is 0 Å². The number of likely N-dealkylation sites (tertiary alicyclic amines) is 1. The highest BCUT2D eigenvalue weighted by molar-refractivity contribution is 5.94. The van der Waals surface area contributed by atoms with Crippen molar-refractivity contribution in [3.05, 3.63) is 35.9 Å². The van der Waals surface area contributed by atoms with Gasteiger partial charge < -0.3 is 15.1 Å². The van der Waals surface area contributed by atoms with Crippen molar-refractivity contribution in [1.82, 2.24) is 15.1 Å². The van der Waals surface area contributed by atoms with E-state index in [1.54, 1.807) is 0 Å². The minimum absolute atomic E-state index is 0. The number of rotatable bonds is 3. The lowest BCUT2D eigenvalue weighted by molar-refractivity contribution is -0.137. The third kappa shape index (κ3) is 4.08. The normalized spacial score (nSPS) is 23.5. The summed E-state index contributed by atoms with van der Waals surface area (Å²) in [5, 5.41) is 3.30. The minimum Gasteiger partial charge on any atom is -0.341 e. The van der Waals surface area contributed by atoms with E-state index >= 15 is 0 Å². The van der Waals surface area contributed by atoms with Gasteiger partial charge in [-0.1, -0.05) is 18.2 Å². The summed E-state index contributed by atoms with van der Waals surface area (Å²) in [4.78, 5) is 29.1. The standard InChI is InChI=1S/C18H25N3O2.ClH/c1-20(16-9-10-19-12-16)17(22)15-8-5-11-21(13-15)18(23)14-6-3-2-4-7-14;/h2-4,6-7,15-16,19H,5,8-13H2,1H3;1H. The van der Waals surface area contributed by atoms with Crippen molar-refractivity contribution in [3.63, 3.8) is 0 Å². The van der Waals surface area contributed by atoms with E-state index in [1.807, 2.05) is 47.2 Å². The number of hydrogen-bond donors (Lipinski definition) is 1. The lowest BCUT2D eigenvalue weighted by Crippen LogP contribution is -2.48. The van der Waals surface area contributed by atoms with Crippen LogP contribution in [-0.2, 0) is 4.79 Å². The fraction of sp³-hybridized carbons (Fsp3) is 0.556. The van der Waals surface area contributed by atoms with Crippen LogP contribution in [0.2, 0.25) is 0 Å². The predicted molar refractivity (Wildman–Crippen MR) is 96.4 cm³/mol. The Balaban J connectivity index is 0.00000208. The molecule has 2 aliphatic heterocycles. The number of nitrogens with zero attached hydrogens (tertiary/aromatic N) is 2. The molecule has 0 spiro atoms. The number of hydrogen-bond acceptors (Lipinski definition) is 3. The first-order valence-corrected chi connectivity index (χ1v) is 8.48. The second-order valence-electron chi connectivity index (χ2n) is 6.55. The second-order valence-corrected chi connectivity index (χ2v) is 6.55. The first-order valence-electron chi connectivity index (χ1n) is 8.48. The van der Waals surface area contributed by atoms with Crippen LogP contribution in [0.5, 0.6) is 0 Å². The molecule has 2 fully saturated rings. The topological polar surface area (TPSA) is 52.7 Å². The van der Waals surface area contributed by atoms with Crippen LogP contribution in [0.3, 0.4) is 0 Å². The van der Waals surface area contributed by atoms with Crippen LogP contribution in [0.15, 0.2) is 30.3 Å². The lowest BCUT2D eigenvalue weighted by Gasteiger charge is -2.35. The van der Waals surface area contributed by atoms with E-state index in [0.717, 1.165) is 38.9 Å². The number of carbonyl (C=O) groups is 2. The van der Waals surface area contributed by atoms with Gasteiger partial charge in [0, 0.05) is 38.3 Å². The van der Waals surface area contributed by atoms with Gasteiger partial charge in [0.1, 0.15) is 0 Å². The smallest absolute Gasteiger partial charge is 0.253 e. The molecular weight excluding hydrogens is 326 g/mol. The zero-order chi connectivity index (χ0) is 16.2. The van der Waals surface area contributed by atoms with E-state index in [9.17, 15) is 9.59 Å². The van der Waals surface area contributed by atoms with E-state index in [-0.39, 0.29) is 30.1 Å². The Morgan fingerprint density at radius 2 is 1.96 bits per heavy atom. The molecule has 2 amide bonds. The van der Waals surface area contributed by atoms with Crippen LogP contribution in [-0.4, -0.2) is 60.9 Å². The Morgan fingerprint density at radius 1 is 1.21 bits per heavy atom. The summed E-state index contributed by atoms with van der Waals surface area (Å²) in [6.45, 7) is 3.14. The highest BCUT2D eigenvalue weighted by Crippen LogP contribution is 2.22. The molecular formula is C18H26ClN3O2. The molecule has 1 aromatic rings. The number of nitrogens with one attached hydrogen (secondary N) is 1. The van der Waals surface area contributed by atoms with E-state index in [2.05, 4.69) is 5.32 Å². The molecule has 1 N–H and O–H groups in total. The van der Waals surface area contributed by atoms with Crippen molar-refractivity contribution in [1.29, 1.82) is 0 Å². The first-order chi connectivity index (χ1) is 11.2. The predicted octanol–water partition coefficient (Wildman–Crippen LogP) is 1.78. The molecule has 0 saturated carbocycles. The summed E-state index contributed by atoms with van der Waals surface area (Å²) in [7, 11) is 1.90. The monoisotopic (exact) mass is 351 g/mol. The second kappa shape index (κ2) is 8.49. The average Bonchev–Trinajstić information content (AvgIpc) is 3.15. The average molecular weight is 352 g/mol. The molecule has 1 aromatic carbocycles. The summed E-state index contributed by atoms with van der Waals surface area (Å²) in [5.41, 5.74) is 0.703. The summed E-state index contributed by atoms with van der Waals surface area (Å²) < 4.78 is 0. The summed E-state index contributed by atoms with van der Waals surface area (Å²) in [6.07, 6.45) is 2.79. The van der Waals surface area contributed by atoms with E-state index in [1.165, 1.54) is 0 Å². The molecule has 0 aromatic heterocycles. The number of amides is 2. The van der Waals surface area contributed by atoms with Gasteiger partial charge in [0.2, 0.25) is 5.91 Å². The molecule has 24 heavy (non-hydrogen) atoms. The van der Waals surface area contributed by atoms with Gasteiger partial charge in [0.25, 0.3) is 5.91 Å². The molecule has 2 heterocycles. The Labute approximate surface area is 149 Å². The Morgan fingerprint density at radius 3 is 2.62 bits per heavy atom. The Bertz CT molecular complexity index is 561. The molecule has 6 heteroatoms. The lowest BCUT2D eigenvalue weighted by atomic mass is 9.95. The van der Waals surface area contributed by atoms with Crippen LogP contribution in [0.1, 0.15) is 29.6 Å². The maximum absolute atomic E-state index is 12.7. The highest BCUT2D eigenvalue weighted by Gasteiger charge is 2.33. The molecule has 0 radical (unpaired) electrons. The summed E-state index contributed by atoms with van der Waals surface area (Å²) in [6, 6.07) is 9.63. The number of benzene rings is 1. The van der Waals surface area contributed by atoms with E-state index in [4.69, 9.17) is 0 Å². The Kier molecular flexibility index (Phi) is 6.63. The first kappa shape index (κ1) is 18.7. The molecule has 132 valence electrons. The van der Waals surface area contributed by atoms with Crippen LogP contribution in [0.4, 0.5) is 0 Å².